The molecule has 1 aliphatic rings. The van der Waals surface area contributed by atoms with Crippen molar-refractivity contribution in [1.82, 2.24) is 9.97 Å². The summed E-state index contributed by atoms with van der Waals surface area (Å²) in [5, 5.41) is 1.01. The summed E-state index contributed by atoms with van der Waals surface area (Å²) in [5.74, 6) is 0.708. The average molecular weight is 404 g/mol. The second-order valence-electron chi connectivity index (χ2n) is 5.77. The third-order valence-electron chi connectivity index (χ3n) is 4.14. The van der Waals surface area contributed by atoms with Gasteiger partial charge in [-0.25, -0.2) is 18.4 Å². The number of nitrogens with zero attached hydrogens (tertiary/aromatic N) is 3. The highest BCUT2D eigenvalue weighted by Gasteiger charge is 2.34. The van der Waals surface area contributed by atoms with Gasteiger partial charge in [0.05, 0.1) is 17.6 Å². The normalized spacial score (nSPS) is 14.6. The molecule has 1 aliphatic heterocycles. The van der Waals surface area contributed by atoms with Gasteiger partial charge >= 0.3 is 0 Å². The summed E-state index contributed by atoms with van der Waals surface area (Å²) in [5.41, 5.74) is 2.81. The van der Waals surface area contributed by atoms with Gasteiger partial charge in [0.15, 0.2) is 5.16 Å². The SMILES string of the molecule is CN1c2cc(Cl)ccc2-c2nc(SCc3ccccc3)ncc2S1(=O)=O. The van der Waals surface area contributed by atoms with Crippen LogP contribution in [-0.2, 0) is 15.8 Å². The molecule has 0 amide bonds. The number of benzene rings is 2. The van der Waals surface area contributed by atoms with Gasteiger partial charge in [0.2, 0.25) is 0 Å². The van der Waals surface area contributed by atoms with Crippen LogP contribution in [0.1, 0.15) is 5.56 Å². The van der Waals surface area contributed by atoms with Crippen LogP contribution in [0.3, 0.4) is 0 Å². The third kappa shape index (κ3) is 2.96. The van der Waals surface area contributed by atoms with Crippen molar-refractivity contribution in [3.63, 3.8) is 0 Å². The molecule has 0 bridgehead atoms. The Kier molecular flexibility index (Phi) is 4.38. The van der Waals surface area contributed by atoms with Gasteiger partial charge in [0.1, 0.15) is 4.90 Å². The Morgan fingerprint density at radius 1 is 1.15 bits per heavy atom. The number of anilines is 1. The lowest BCUT2D eigenvalue weighted by molar-refractivity contribution is 0.592. The molecular weight excluding hydrogens is 390 g/mol. The first kappa shape index (κ1) is 17.3. The lowest BCUT2D eigenvalue weighted by Gasteiger charge is -2.28. The van der Waals surface area contributed by atoms with Crippen molar-refractivity contribution in [2.75, 3.05) is 11.4 Å². The number of fused-ring (bicyclic) bond motifs is 3. The summed E-state index contributed by atoms with van der Waals surface area (Å²) in [7, 11) is -2.19. The Balaban J connectivity index is 1.76. The quantitative estimate of drug-likeness (QED) is 0.483. The summed E-state index contributed by atoms with van der Waals surface area (Å²) in [6, 6.07) is 15.1. The highest BCUT2D eigenvalue weighted by Crippen LogP contribution is 2.42. The Morgan fingerprint density at radius 2 is 1.92 bits per heavy atom. The summed E-state index contributed by atoms with van der Waals surface area (Å²) < 4.78 is 26.7. The van der Waals surface area contributed by atoms with Crippen LogP contribution >= 0.6 is 23.4 Å². The van der Waals surface area contributed by atoms with Crippen molar-refractivity contribution in [3.05, 3.63) is 65.3 Å². The van der Waals surface area contributed by atoms with Crippen LogP contribution in [0.15, 0.2) is 64.8 Å². The van der Waals surface area contributed by atoms with E-state index in [-0.39, 0.29) is 4.90 Å². The topological polar surface area (TPSA) is 63.2 Å². The lowest BCUT2D eigenvalue weighted by Crippen LogP contribution is -2.31. The molecular formula is C18H14ClN3O2S2. The zero-order valence-corrected chi connectivity index (χ0v) is 16.1. The molecule has 26 heavy (non-hydrogen) atoms. The van der Waals surface area contributed by atoms with E-state index in [1.165, 1.54) is 29.3 Å². The number of hydrogen-bond acceptors (Lipinski definition) is 5. The van der Waals surface area contributed by atoms with Crippen LogP contribution in [0, 0.1) is 0 Å². The standard InChI is InChI=1S/C18H14ClN3O2S2/c1-22-15-9-13(19)7-8-14(15)17-16(26(22,23)24)10-20-18(21-17)25-11-12-5-3-2-4-6-12/h2-10H,11H2,1H3. The first-order valence-corrected chi connectivity index (χ1v) is 10.6. The van der Waals surface area contributed by atoms with Crippen LogP contribution < -0.4 is 4.31 Å². The fourth-order valence-electron chi connectivity index (χ4n) is 2.77. The maximum Gasteiger partial charge on any atom is 0.267 e. The van der Waals surface area contributed by atoms with Gasteiger partial charge in [-0.15, -0.1) is 0 Å². The van der Waals surface area contributed by atoms with Crippen LogP contribution in [0.5, 0.6) is 0 Å². The first-order chi connectivity index (χ1) is 12.5. The van der Waals surface area contributed by atoms with Crippen LogP contribution in [0.25, 0.3) is 11.3 Å². The molecule has 2 aromatic carbocycles. The van der Waals surface area contributed by atoms with E-state index >= 15 is 0 Å². The number of sulfonamides is 1. The summed E-state index contributed by atoms with van der Waals surface area (Å²) in [4.78, 5) is 8.89. The Labute approximate surface area is 161 Å². The number of rotatable bonds is 3. The molecule has 0 unspecified atom stereocenters. The number of hydrogen-bond donors (Lipinski definition) is 0. The van der Waals surface area contributed by atoms with Gasteiger partial charge in [0.25, 0.3) is 10.0 Å². The van der Waals surface area contributed by atoms with E-state index in [0.29, 0.717) is 27.3 Å². The van der Waals surface area contributed by atoms with E-state index in [0.717, 1.165) is 11.1 Å². The molecule has 0 N–H and O–H groups in total. The van der Waals surface area contributed by atoms with Crippen molar-refractivity contribution in [3.8, 4) is 11.3 Å². The van der Waals surface area contributed by atoms with Gasteiger partial charge < -0.3 is 0 Å². The molecule has 132 valence electrons. The van der Waals surface area contributed by atoms with Gasteiger partial charge in [-0.3, -0.25) is 4.31 Å². The summed E-state index contributed by atoms with van der Waals surface area (Å²) in [6.07, 6.45) is 1.39. The van der Waals surface area contributed by atoms with Gasteiger partial charge in [-0.05, 0) is 23.8 Å². The maximum absolute atomic E-state index is 12.8. The lowest BCUT2D eigenvalue weighted by atomic mass is 10.1. The van der Waals surface area contributed by atoms with Gasteiger partial charge in [-0.2, -0.15) is 0 Å². The van der Waals surface area contributed by atoms with Crippen molar-refractivity contribution >= 4 is 39.1 Å². The fourth-order valence-corrected chi connectivity index (χ4v) is 5.00. The summed E-state index contributed by atoms with van der Waals surface area (Å²) >= 11 is 7.52. The highest BCUT2D eigenvalue weighted by atomic mass is 35.5. The number of halogens is 1. The monoisotopic (exact) mass is 403 g/mol. The molecule has 0 aliphatic carbocycles. The van der Waals surface area contributed by atoms with Gasteiger partial charge in [-0.1, -0.05) is 53.7 Å². The maximum atomic E-state index is 12.8. The molecule has 0 spiro atoms. The van der Waals surface area contributed by atoms with Crippen LogP contribution in [0.4, 0.5) is 5.69 Å². The van der Waals surface area contributed by atoms with E-state index in [9.17, 15) is 8.42 Å². The molecule has 0 radical (unpaired) electrons. The molecule has 0 fully saturated rings. The van der Waals surface area contributed by atoms with Crippen molar-refractivity contribution < 1.29 is 8.42 Å². The molecule has 0 atom stereocenters. The number of aromatic nitrogens is 2. The zero-order valence-electron chi connectivity index (χ0n) is 13.8. The predicted octanol–water partition coefficient (Wildman–Crippen LogP) is 4.23. The fraction of sp³-hybridized carbons (Fsp3) is 0.111. The zero-order chi connectivity index (χ0) is 18.3. The first-order valence-electron chi connectivity index (χ1n) is 7.79. The van der Waals surface area contributed by atoms with Crippen LogP contribution in [0.2, 0.25) is 5.02 Å². The summed E-state index contributed by atoms with van der Waals surface area (Å²) in [6.45, 7) is 0. The minimum absolute atomic E-state index is 0.110. The minimum Gasteiger partial charge on any atom is -0.269 e. The average Bonchev–Trinajstić information content (AvgIpc) is 2.65. The van der Waals surface area contributed by atoms with E-state index in [1.54, 1.807) is 18.2 Å². The molecule has 3 aromatic rings. The smallest absolute Gasteiger partial charge is 0.267 e. The molecule has 2 heterocycles. The Bertz CT molecular complexity index is 1090. The van der Waals surface area contributed by atoms with E-state index in [1.807, 2.05) is 30.3 Å². The molecule has 0 saturated heterocycles. The third-order valence-corrected chi connectivity index (χ3v) is 7.08. The predicted molar refractivity (Wildman–Crippen MR) is 104 cm³/mol. The second-order valence-corrected chi connectivity index (χ2v) is 9.09. The largest absolute Gasteiger partial charge is 0.269 e. The molecule has 1 aromatic heterocycles. The van der Waals surface area contributed by atoms with Crippen molar-refractivity contribution in [2.24, 2.45) is 0 Å². The molecule has 8 heteroatoms. The van der Waals surface area contributed by atoms with Gasteiger partial charge in [0, 0.05) is 23.4 Å². The van der Waals surface area contributed by atoms with Crippen molar-refractivity contribution in [1.29, 1.82) is 0 Å². The Hall–Kier alpha value is -2.09. The van der Waals surface area contributed by atoms with E-state index < -0.39 is 10.0 Å². The second kappa shape index (κ2) is 6.57. The minimum atomic E-state index is -3.69. The van der Waals surface area contributed by atoms with E-state index in [2.05, 4.69) is 9.97 Å². The van der Waals surface area contributed by atoms with E-state index in [4.69, 9.17) is 11.6 Å². The highest BCUT2D eigenvalue weighted by molar-refractivity contribution is 7.98. The number of thioether (sulfide) groups is 1. The van der Waals surface area contributed by atoms with Crippen LogP contribution in [-0.4, -0.2) is 25.4 Å². The molecule has 0 saturated carbocycles. The molecule has 5 nitrogen and oxygen atoms in total. The van der Waals surface area contributed by atoms with Crippen molar-refractivity contribution in [2.45, 2.75) is 15.8 Å². The molecule has 4 rings (SSSR count). The Morgan fingerprint density at radius 3 is 2.69 bits per heavy atom.